The smallest absolute Gasteiger partial charge is 0.118 e. The third-order valence-electron chi connectivity index (χ3n) is 3.85. The first kappa shape index (κ1) is 14.1. The van der Waals surface area contributed by atoms with Crippen LogP contribution in [0, 0.1) is 0 Å². The van der Waals surface area contributed by atoms with Gasteiger partial charge in [-0.25, -0.2) is 0 Å². The molecule has 1 atom stereocenters. The van der Waals surface area contributed by atoms with E-state index in [2.05, 4.69) is 57.2 Å². The van der Waals surface area contributed by atoms with Gasteiger partial charge in [0, 0.05) is 17.5 Å². The van der Waals surface area contributed by atoms with Crippen molar-refractivity contribution in [3.63, 3.8) is 0 Å². The second kappa shape index (κ2) is 6.29. The maximum absolute atomic E-state index is 5.24. The van der Waals surface area contributed by atoms with Gasteiger partial charge in [0.05, 0.1) is 10.9 Å². The van der Waals surface area contributed by atoms with E-state index in [9.17, 15) is 0 Å². The average molecular weight is 352 g/mol. The first-order valence-corrected chi connectivity index (χ1v) is 8.49. The van der Waals surface area contributed by atoms with Crippen LogP contribution in [0.3, 0.4) is 0 Å². The van der Waals surface area contributed by atoms with Gasteiger partial charge >= 0.3 is 0 Å². The highest BCUT2D eigenvalue weighted by atomic mass is 79.9. The van der Waals surface area contributed by atoms with Gasteiger partial charge in [0.1, 0.15) is 5.75 Å². The third kappa shape index (κ3) is 3.08. The number of thiophene rings is 1. The van der Waals surface area contributed by atoms with Crippen LogP contribution in [0.15, 0.2) is 40.2 Å². The second-order valence-corrected chi connectivity index (χ2v) is 7.66. The Kier molecular flexibility index (Phi) is 4.44. The lowest BCUT2D eigenvalue weighted by Gasteiger charge is -2.24. The van der Waals surface area contributed by atoms with E-state index in [4.69, 9.17) is 4.74 Å². The molecule has 0 unspecified atom stereocenters. The minimum atomic E-state index is 0.543. The monoisotopic (exact) mass is 351 g/mol. The summed E-state index contributed by atoms with van der Waals surface area (Å²) in [6, 6.07) is 13.4. The van der Waals surface area contributed by atoms with Gasteiger partial charge in [-0.15, -0.1) is 11.3 Å². The molecule has 1 aliphatic heterocycles. The van der Waals surface area contributed by atoms with E-state index >= 15 is 0 Å². The molecule has 20 heavy (non-hydrogen) atoms. The summed E-state index contributed by atoms with van der Waals surface area (Å²) in [5, 5.41) is 0. The molecule has 0 aliphatic carbocycles. The Balaban J connectivity index is 1.74. The van der Waals surface area contributed by atoms with Gasteiger partial charge in [0.25, 0.3) is 0 Å². The molecule has 106 valence electrons. The number of methoxy groups -OCH3 is 1. The molecule has 0 N–H and O–H groups in total. The van der Waals surface area contributed by atoms with Crippen LogP contribution in [0.25, 0.3) is 0 Å². The maximum Gasteiger partial charge on any atom is 0.118 e. The van der Waals surface area contributed by atoms with Crippen molar-refractivity contribution in [2.24, 2.45) is 0 Å². The van der Waals surface area contributed by atoms with Gasteiger partial charge in [0.2, 0.25) is 0 Å². The van der Waals surface area contributed by atoms with Crippen molar-refractivity contribution < 1.29 is 4.74 Å². The summed E-state index contributed by atoms with van der Waals surface area (Å²) in [4.78, 5) is 4.01. The summed E-state index contributed by atoms with van der Waals surface area (Å²) in [7, 11) is 1.71. The Morgan fingerprint density at radius 1 is 1.25 bits per heavy atom. The standard InChI is InChI=1S/C16H18BrNOS/c1-19-13-6-4-12(5-7-13)15-3-2-10-18(15)11-14-8-9-16(17)20-14/h4-9,15H,2-3,10-11H2,1H3/t15-/m0/s1. The first-order chi connectivity index (χ1) is 9.76. The van der Waals surface area contributed by atoms with E-state index in [1.807, 2.05) is 11.3 Å². The Labute approximate surface area is 132 Å². The number of halogens is 1. The Morgan fingerprint density at radius 3 is 2.70 bits per heavy atom. The van der Waals surface area contributed by atoms with Crippen LogP contribution < -0.4 is 4.74 Å². The Bertz CT molecular complexity index is 566. The highest BCUT2D eigenvalue weighted by molar-refractivity contribution is 9.11. The molecule has 0 saturated carbocycles. The van der Waals surface area contributed by atoms with Crippen LogP contribution in [0.4, 0.5) is 0 Å². The maximum atomic E-state index is 5.24. The number of hydrogen-bond acceptors (Lipinski definition) is 3. The topological polar surface area (TPSA) is 12.5 Å². The summed E-state index contributed by atoms with van der Waals surface area (Å²) in [5.41, 5.74) is 1.40. The molecule has 3 rings (SSSR count). The fraction of sp³-hybridized carbons (Fsp3) is 0.375. The van der Waals surface area contributed by atoms with Crippen molar-refractivity contribution in [2.75, 3.05) is 13.7 Å². The van der Waals surface area contributed by atoms with Gasteiger partial charge in [-0.1, -0.05) is 12.1 Å². The van der Waals surface area contributed by atoms with E-state index in [1.165, 1.54) is 33.6 Å². The van der Waals surface area contributed by atoms with Crippen LogP contribution in [-0.4, -0.2) is 18.6 Å². The number of rotatable bonds is 4. The van der Waals surface area contributed by atoms with Crippen molar-refractivity contribution in [1.29, 1.82) is 0 Å². The summed E-state index contributed by atoms with van der Waals surface area (Å²) < 4.78 is 6.46. The van der Waals surface area contributed by atoms with Gasteiger partial charge in [-0.3, -0.25) is 4.90 Å². The van der Waals surface area contributed by atoms with Crippen LogP contribution in [-0.2, 0) is 6.54 Å². The summed E-state index contributed by atoms with van der Waals surface area (Å²) in [5.74, 6) is 0.931. The molecular weight excluding hydrogens is 334 g/mol. The van der Waals surface area contributed by atoms with Crippen molar-refractivity contribution in [3.8, 4) is 5.75 Å². The highest BCUT2D eigenvalue weighted by Crippen LogP contribution is 2.35. The third-order valence-corrected chi connectivity index (χ3v) is 5.46. The minimum Gasteiger partial charge on any atom is -0.497 e. The lowest BCUT2D eigenvalue weighted by molar-refractivity contribution is 0.250. The van der Waals surface area contributed by atoms with Gasteiger partial charge in [-0.2, -0.15) is 0 Å². The molecule has 0 spiro atoms. The molecule has 1 saturated heterocycles. The first-order valence-electron chi connectivity index (χ1n) is 6.88. The zero-order valence-corrected chi connectivity index (χ0v) is 13.9. The Morgan fingerprint density at radius 2 is 2.05 bits per heavy atom. The zero-order valence-electron chi connectivity index (χ0n) is 11.5. The van der Waals surface area contributed by atoms with Crippen molar-refractivity contribution in [2.45, 2.75) is 25.4 Å². The van der Waals surface area contributed by atoms with Crippen LogP contribution in [0.2, 0.25) is 0 Å². The average Bonchev–Trinajstić information content (AvgIpc) is 3.09. The largest absolute Gasteiger partial charge is 0.497 e. The number of hydrogen-bond donors (Lipinski definition) is 0. The molecule has 0 amide bonds. The molecular formula is C16H18BrNOS. The van der Waals surface area contributed by atoms with E-state index in [-0.39, 0.29) is 0 Å². The quantitative estimate of drug-likeness (QED) is 0.779. The lowest BCUT2D eigenvalue weighted by Crippen LogP contribution is -2.22. The highest BCUT2D eigenvalue weighted by Gasteiger charge is 2.26. The number of likely N-dealkylation sites (tertiary alicyclic amines) is 1. The predicted octanol–water partition coefficient (Wildman–Crippen LogP) is 4.86. The van der Waals surface area contributed by atoms with Crippen LogP contribution in [0.1, 0.15) is 29.3 Å². The van der Waals surface area contributed by atoms with Crippen molar-refractivity contribution in [1.82, 2.24) is 4.90 Å². The molecule has 4 heteroatoms. The molecule has 0 bridgehead atoms. The Hall–Kier alpha value is -0.840. The molecule has 2 nitrogen and oxygen atoms in total. The van der Waals surface area contributed by atoms with Crippen molar-refractivity contribution in [3.05, 3.63) is 50.6 Å². The minimum absolute atomic E-state index is 0.543. The number of ether oxygens (including phenoxy) is 1. The fourth-order valence-corrected chi connectivity index (χ4v) is 4.36. The molecule has 1 fully saturated rings. The van der Waals surface area contributed by atoms with E-state index in [0.29, 0.717) is 6.04 Å². The molecule has 1 aromatic carbocycles. The normalized spacial score (nSPS) is 19.4. The second-order valence-electron chi connectivity index (χ2n) is 5.11. The van der Waals surface area contributed by atoms with Gasteiger partial charge in [-0.05, 0) is 65.1 Å². The number of nitrogens with zero attached hydrogens (tertiary/aromatic N) is 1. The lowest BCUT2D eigenvalue weighted by atomic mass is 10.0. The van der Waals surface area contributed by atoms with Crippen LogP contribution >= 0.6 is 27.3 Å². The summed E-state index contributed by atoms with van der Waals surface area (Å²) in [6.45, 7) is 2.24. The fourth-order valence-electron chi connectivity index (χ4n) is 2.86. The summed E-state index contributed by atoms with van der Waals surface area (Å²) >= 11 is 5.38. The zero-order chi connectivity index (χ0) is 13.9. The molecule has 1 aliphatic rings. The van der Waals surface area contributed by atoms with Gasteiger partial charge in [0.15, 0.2) is 0 Å². The SMILES string of the molecule is COc1ccc([C@@H]2CCCN2Cc2ccc(Br)s2)cc1. The van der Waals surface area contributed by atoms with E-state index < -0.39 is 0 Å². The van der Waals surface area contributed by atoms with E-state index in [1.54, 1.807) is 7.11 Å². The molecule has 1 aromatic heterocycles. The van der Waals surface area contributed by atoms with Crippen LogP contribution in [0.5, 0.6) is 5.75 Å². The predicted molar refractivity (Wildman–Crippen MR) is 87.4 cm³/mol. The molecule has 2 aromatic rings. The van der Waals surface area contributed by atoms with Gasteiger partial charge < -0.3 is 4.74 Å². The molecule has 2 heterocycles. The van der Waals surface area contributed by atoms with E-state index in [0.717, 1.165) is 12.3 Å². The molecule has 0 radical (unpaired) electrons. The van der Waals surface area contributed by atoms with Crippen molar-refractivity contribution >= 4 is 27.3 Å². The summed E-state index contributed by atoms with van der Waals surface area (Å²) in [6.07, 6.45) is 2.53. The number of benzene rings is 1.